The second kappa shape index (κ2) is 9.70. The summed E-state index contributed by atoms with van der Waals surface area (Å²) in [5.74, 6) is 0.990. The number of carbonyl (C=O) groups is 1. The summed E-state index contributed by atoms with van der Waals surface area (Å²) in [4.78, 5) is 12.3. The molecule has 12 heteroatoms. The van der Waals surface area contributed by atoms with E-state index in [1.807, 2.05) is 0 Å². The van der Waals surface area contributed by atoms with Gasteiger partial charge in [0.1, 0.15) is 0 Å². The van der Waals surface area contributed by atoms with Gasteiger partial charge in [0.05, 0.1) is 36.2 Å². The number of benzene rings is 2. The van der Waals surface area contributed by atoms with Gasteiger partial charge < -0.3 is 19.4 Å². The van der Waals surface area contributed by atoms with Gasteiger partial charge in [-0.2, -0.15) is 13.2 Å². The minimum absolute atomic E-state index is 0.00532. The molecule has 32 heavy (non-hydrogen) atoms. The number of nitrogens with one attached hydrogen (secondary N) is 1. The molecule has 0 saturated heterocycles. The van der Waals surface area contributed by atoms with E-state index in [0.29, 0.717) is 22.5 Å². The maximum Gasteiger partial charge on any atom is 0.416 e. The van der Waals surface area contributed by atoms with Crippen LogP contribution in [0.4, 0.5) is 18.9 Å². The smallest absolute Gasteiger partial charge is 0.416 e. The molecule has 0 bridgehead atoms. The molecule has 0 aliphatic heterocycles. The highest BCUT2D eigenvalue weighted by atomic mass is 35.5. The lowest BCUT2D eigenvalue weighted by Crippen LogP contribution is -2.16. The summed E-state index contributed by atoms with van der Waals surface area (Å²) in [7, 11) is 4.79. The molecule has 0 saturated carbocycles. The van der Waals surface area contributed by atoms with Crippen molar-refractivity contribution in [2.75, 3.05) is 25.3 Å². The Morgan fingerprint density at radius 2 is 1.84 bits per heavy atom. The predicted octanol–water partition coefficient (Wildman–Crippen LogP) is 4.90. The van der Waals surface area contributed by atoms with Gasteiger partial charge in [-0.05, 0) is 36.4 Å². The van der Waals surface area contributed by atoms with E-state index >= 15 is 0 Å². The number of hydrogen-bond donors (Lipinski definition) is 1. The predicted molar refractivity (Wildman–Crippen MR) is 115 cm³/mol. The number of carbonyl (C=O) groups excluding carboxylic acids is 1. The van der Waals surface area contributed by atoms with Crippen LogP contribution in [0.3, 0.4) is 0 Å². The van der Waals surface area contributed by atoms with Gasteiger partial charge in [0, 0.05) is 12.6 Å². The summed E-state index contributed by atoms with van der Waals surface area (Å²) in [5.41, 5.74) is -0.293. The molecule has 0 spiro atoms. The van der Waals surface area contributed by atoms with Crippen molar-refractivity contribution in [3.8, 4) is 22.9 Å². The second-order valence-electron chi connectivity index (χ2n) is 6.46. The van der Waals surface area contributed by atoms with Crippen LogP contribution in [-0.4, -0.2) is 40.6 Å². The Morgan fingerprint density at radius 1 is 1.12 bits per heavy atom. The van der Waals surface area contributed by atoms with Crippen LogP contribution in [0.15, 0.2) is 41.6 Å². The van der Waals surface area contributed by atoms with E-state index in [9.17, 15) is 18.0 Å². The minimum atomic E-state index is -4.54. The van der Waals surface area contributed by atoms with Gasteiger partial charge >= 0.3 is 6.18 Å². The molecule has 0 aliphatic carbocycles. The van der Waals surface area contributed by atoms with E-state index in [1.54, 1.807) is 29.8 Å². The number of alkyl halides is 3. The van der Waals surface area contributed by atoms with Crippen LogP contribution >= 0.6 is 23.4 Å². The average molecular weight is 487 g/mol. The highest BCUT2D eigenvalue weighted by Gasteiger charge is 2.31. The molecule has 0 fully saturated rings. The minimum Gasteiger partial charge on any atom is -0.493 e. The zero-order valence-electron chi connectivity index (χ0n) is 17.2. The third-order valence-corrected chi connectivity index (χ3v) is 5.73. The first-order valence-corrected chi connectivity index (χ1v) is 10.4. The van der Waals surface area contributed by atoms with Gasteiger partial charge in [-0.3, -0.25) is 4.79 Å². The molecule has 0 radical (unpaired) electrons. The van der Waals surface area contributed by atoms with Crippen molar-refractivity contribution in [2.45, 2.75) is 11.3 Å². The molecule has 3 rings (SSSR count). The number of methoxy groups -OCH3 is 2. The van der Waals surface area contributed by atoms with Crippen molar-refractivity contribution in [1.29, 1.82) is 0 Å². The summed E-state index contributed by atoms with van der Waals surface area (Å²) < 4.78 is 50.9. The highest BCUT2D eigenvalue weighted by Crippen LogP contribution is 2.34. The molecule has 3 aromatic rings. The maximum absolute atomic E-state index is 12.9. The number of rotatable bonds is 7. The van der Waals surface area contributed by atoms with Crippen LogP contribution in [0.5, 0.6) is 11.5 Å². The van der Waals surface area contributed by atoms with E-state index < -0.39 is 17.6 Å². The molecule has 0 atom stereocenters. The summed E-state index contributed by atoms with van der Waals surface area (Å²) in [6, 6.07) is 8.01. The first-order valence-electron chi connectivity index (χ1n) is 9.05. The molecule has 7 nitrogen and oxygen atoms in total. The Labute approximate surface area is 190 Å². The van der Waals surface area contributed by atoms with Crippen LogP contribution in [0.1, 0.15) is 5.56 Å². The van der Waals surface area contributed by atoms with Crippen LogP contribution in [0.25, 0.3) is 11.4 Å². The number of halogens is 4. The molecule has 2 aromatic carbocycles. The quantitative estimate of drug-likeness (QED) is 0.478. The molecule has 1 N–H and O–H groups in total. The van der Waals surface area contributed by atoms with E-state index in [1.165, 1.54) is 14.2 Å². The van der Waals surface area contributed by atoms with Crippen LogP contribution in [-0.2, 0) is 18.0 Å². The third kappa shape index (κ3) is 5.28. The number of amides is 1. The Balaban J connectivity index is 1.70. The summed E-state index contributed by atoms with van der Waals surface area (Å²) in [6.07, 6.45) is -4.54. The Bertz CT molecular complexity index is 1140. The van der Waals surface area contributed by atoms with Crippen molar-refractivity contribution in [2.24, 2.45) is 7.05 Å². The van der Waals surface area contributed by atoms with Gasteiger partial charge in [-0.25, -0.2) is 0 Å². The number of anilines is 1. The van der Waals surface area contributed by atoms with Crippen LogP contribution in [0, 0.1) is 0 Å². The fourth-order valence-corrected chi connectivity index (χ4v) is 3.66. The van der Waals surface area contributed by atoms with Crippen molar-refractivity contribution < 1.29 is 27.4 Å². The van der Waals surface area contributed by atoms with E-state index in [0.717, 1.165) is 35.5 Å². The van der Waals surface area contributed by atoms with Crippen molar-refractivity contribution >= 4 is 35.0 Å². The van der Waals surface area contributed by atoms with Gasteiger partial charge in [-0.1, -0.05) is 23.4 Å². The summed E-state index contributed by atoms with van der Waals surface area (Å²) in [5, 5.41) is 11.1. The SMILES string of the molecule is COc1ccc(-c2nnc(SCC(=O)Nc3cc(C(F)(F)F)ccc3Cl)n2C)cc1OC. The van der Waals surface area contributed by atoms with Gasteiger partial charge in [0.25, 0.3) is 0 Å². The maximum atomic E-state index is 12.9. The molecule has 170 valence electrons. The Hall–Kier alpha value is -2.92. The van der Waals surface area contributed by atoms with Crippen LogP contribution in [0.2, 0.25) is 5.02 Å². The highest BCUT2D eigenvalue weighted by molar-refractivity contribution is 7.99. The van der Waals surface area contributed by atoms with Gasteiger partial charge in [0.2, 0.25) is 5.91 Å². The van der Waals surface area contributed by atoms with Crippen LogP contribution < -0.4 is 14.8 Å². The number of hydrogen-bond acceptors (Lipinski definition) is 6. The van der Waals surface area contributed by atoms with Crippen molar-refractivity contribution in [1.82, 2.24) is 14.8 Å². The number of nitrogens with zero attached hydrogens (tertiary/aromatic N) is 3. The first-order chi connectivity index (χ1) is 15.1. The molecular weight excluding hydrogens is 469 g/mol. The van der Waals surface area contributed by atoms with Crippen molar-refractivity contribution in [3.63, 3.8) is 0 Å². The second-order valence-corrected chi connectivity index (χ2v) is 7.81. The number of aromatic nitrogens is 3. The Kier molecular flexibility index (Phi) is 7.19. The molecule has 1 aromatic heterocycles. The lowest BCUT2D eigenvalue weighted by atomic mass is 10.2. The normalized spacial score (nSPS) is 11.3. The topological polar surface area (TPSA) is 78.3 Å². The van der Waals surface area contributed by atoms with E-state index in [4.69, 9.17) is 21.1 Å². The third-order valence-electron chi connectivity index (χ3n) is 4.38. The fraction of sp³-hybridized carbons (Fsp3) is 0.250. The Morgan fingerprint density at radius 3 is 2.50 bits per heavy atom. The van der Waals surface area contributed by atoms with Gasteiger partial charge in [0.15, 0.2) is 22.5 Å². The monoisotopic (exact) mass is 486 g/mol. The standard InChI is InChI=1S/C20H18ClF3N4O3S/c1-28-18(11-4-7-15(30-2)16(8-11)31-3)26-27-19(28)32-10-17(29)25-14-9-12(20(22,23)24)5-6-13(14)21/h4-9H,10H2,1-3H3,(H,25,29). The van der Waals surface area contributed by atoms with E-state index in [-0.39, 0.29) is 16.5 Å². The van der Waals surface area contributed by atoms with E-state index in [2.05, 4.69) is 15.5 Å². The molecule has 1 heterocycles. The molecule has 0 unspecified atom stereocenters. The summed E-state index contributed by atoms with van der Waals surface area (Å²) in [6.45, 7) is 0. The first kappa shape index (κ1) is 23.7. The number of ether oxygens (including phenoxy) is 2. The lowest BCUT2D eigenvalue weighted by molar-refractivity contribution is -0.137. The fourth-order valence-electron chi connectivity index (χ4n) is 2.78. The summed E-state index contributed by atoms with van der Waals surface area (Å²) >= 11 is 6.99. The molecular formula is C20H18ClF3N4O3S. The largest absolute Gasteiger partial charge is 0.493 e. The zero-order chi connectivity index (χ0) is 23.5. The zero-order valence-corrected chi connectivity index (χ0v) is 18.7. The molecule has 0 aliphatic rings. The lowest BCUT2D eigenvalue weighted by Gasteiger charge is -2.11. The van der Waals surface area contributed by atoms with Crippen molar-refractivity contribution in [3.05, 3.63) is 47.0 Å². The average Bonchev–Trinajstić information content (AvgIpc) is 3.12. The molecule has 1 amide bonds. The number of thioether (sulfide) groups is 1. The van der Waals surface area contributed by atoms with Gasteiger partial charge in [-0.15, -0.1) is 10.2 Å².